The van der Waals surface area contributed by atoms with Crippen molar-refractivity contribution in [2.75, 3.05) is 0 Å². The molecule has 1 rings (SSSR count). The van der Waals surface area contributed by atoms with E-state index in [9.17, 15) is 19.8 Å². The molecule has 0 amide bonds. The smallest absolute Gasteiger partial charge is 0.545 e. The molecule has 18 heavy (non-hydrogen) atoms. The van der Waals surface area contributed by atoms with Crippen molar-refractivity contribution in [2.45, 2.75) is 13.8 Å². The van der Waals surface area contributed by atoms with Gasteiger partial charge in [-0.3, -0.25) is 0 Å². The number of para-hydroxylation sites is 1. The first-order chi connectivity index (χ1) is 7.77. The van der Waals surface area contributed by atoms with E-state index in [1.165, 1.54) is 13.0 Å². The number of hydrogen-bond acceptors (Lipinski definition) is 5. The molecule has 0 unspecified atom stereocenters. The summed E-state index contributed by atoms with van der Waals surface area (Å²) < 4.78 is 0. The number of phenols is 1. The summed E-state index contributed by atoms with van der Waals surface area (Å²) in [4.78, 5) is 19.8. The Bertz CT molecular complexity index is 442. The van der Waals surface area contributed by atoms with Gasteiger partial charge < -0.3 is 24.9 Å². The van der Waals surface area contributed by atoms with Crippen molar-refractivity contribution in [3.8, 4) is 5.75 Å². The monoisotopic (exact) mass is 260 g/mol. The molecule has 0 spiro atoms. The van der Waals surface area contributed by atoms with Gasteiger partial charge in [0.15, 0.2) is 0 Å². The van der Waals surface area contributed by atoms with Crippen LogP contribution >= 0.6 is 0 Å². The Kier molecular flexibility index (Phi) is 8.93. The van der Waals surface area contributed by atoms with E-state index in [0.717, 1.165) is 0 Å². The zero-order valence-corrected chi connectivity index (χ0v) is 11.6. The topological polar surface area (TPSA) is 100 Å². The molecule has 0 atom stereocenters. The second-order valence-corrected chi connectivity index (χ2v) is 3.33. The third-order valence-corrected chi connectivity index (χ3v) is 1.81. The van der Waals surface area contributed by atoms with E-state index in [-0.39, 0.29) is 39.9 Å². The van der Waals surface area contributed by atoms with Crippen molar-refractivity contribution in [3.05, 3.63) is 41.5 Å². The zero-order chi connectivity index (χ0) is 13.6. The number of rotatable bonds is 2. The first-order valence-electron chi connectivity index (χ1n) is 4.64. The van der Waals surface area contributed by atoms with Crippen LogP contribution < -0.4 is 10.2 Å². The molecule has 0 aliphatic rings. The Labute approximate surface area is 121 Å². The fourth-order valence-corrected chi connectivity index (χ4v) is 0.824. The summed E-state index contributed by atoms with van der Waals surface area (Å²) in [5.41, 5.74) is 0.437. The van der Waals surface area contributed by atoms with Gasteiger partial charge in [0.1, 0.15) is 5.75 Å². The molecule has 0 bridgehead atoms. The standard InChI is InChI=1S/C8H8O3.C4H6O2.Mg/c1-5-3-2-4-6(7(5)9)8(10)11;1-3(2)4(5)6;/h2-4,9H,1H3,(H,10,11);1H2,2H3,(H,5,6);/q;;+2/p-2. The Morgan fingerprint density at radius 3 is 2.00 bits per heavy atom. The molecule has 6 heteroatoms. The van der Waals surface area contributed by atoms with Crippen LogP contribution in [-0.2, 0) is 4.79 Å². The number of carboxylic acid groups (broad SMARTS) is 2. The van der Waals surface area contributed by atoms with Gasteiger partial charge in [-0.1, -0.05) is 18.7 Å². The fourth-order valence-electron chi connectivity index (χ4n) is 0.824. The first-order valence-corrected chi connectivity index (χ1v) is 4.64. The van der Waals surface area contributed by atoms with E-state index in [0.29, 0.717) is 5.56 Å². The van der Waals surface area contributed by atoms with Gasteiger partial charge in [0, 0.05) is 5.56 Å². The molecular formula is C12H12MgO5. The van der Waals surface area contributed by atoms with Gasteiger partial charge in [-0.15, -0.1) is 0 Å². The van der Waals surface area contributed by atoms with E-state index in [4.69, 9.17) is 5.11 Å². The minimum absolute atomic E-state index is 0. The summed E-state index contributed by atoms with van der Waals surface area (Å²) in [7, 11) is 0. The quantitative estimate of drug-likeness (QED) is 0.543. The summed E-state index contributed by atoms with van der Waals surface area (Å²) in [6.45, 7) is 6.10. The number of aromatic hydroxyl groups is 1. The van der Waals surface area contributed by atoms with Gasteiger partial charge in [-0.2, -0.15) is 0 Å². The van der Waals surface area contributed by atoms with E-state index < -0.39 is 11.9 Å². The van der Waals surface area contributed by atoms with Crippen LogP contribution in [0.3, 0.4) is 0 Å². The Hall–Kier alpha value is -1.53. The van der Waals surface area contributed by atoms with Crippen molar-refractivity contribution in [1.82, 2.24) is 0 Å². The summed E-state index contributed by atoms with van der Waals surface area (Å²) in [6, 6.07) is 4.49. The van der Waals surface area contributed by atoms with Gasteiger partial charge in [0.25, 0.3) is 0 Å². The molecule has 0 saturated heterocycles. The molecule has 1 aromatic rings. The third-order valence-electron chi connectivity index (χ3n) is 1.81. The summed E-state index contributed by atoms with van der Waals surface area (Å²) >= 11 is 0. The van der Waals surface area contributed by atoms with Crippen LogP contribution in [0.15, 0.2) is 30.4 Å². The fraction of sp³-hybridized carbons (Fsp3) is 0.167. The zero-order valence-electron chi connectivity index (χ0n) is 10.2. The normalized spacial score (nSPS) is 8.33. The molecule has 0 aromatic heterocycles. The van der Waals surface area contributed by atoms with Crippen LogP contribution in [0.5, 0.6) is 5.75 Å². The number of carbonyl (C=O) groups is 2. The summed E-state index contributed by atoms with van der Waals surface area (Å²) in [5, 5.41) is 28.9. The second-order valence-electron chi connectivity index (χ2n) is 3.33. The molecule has 5 nitrogen and oxygen atoms in total. The Balaban J connectivity index is 0. The van der Waals surface area contributed by atoms with Gasteiger partial charge in [0.05, 0.1) is 11.9 Å². The molecule has 1 aromatic carbocycles. The van der Waals surface area contributed by atoms with E-state index in [2.05, 4.69) is 6.58 Å². The molecule has 0 aliphatic carbocycles. The molecule has 0 saturated carbocycles. The largest absolute Gasteiger partial charge is 2.00 e. The number of carboxylic acids is 2. The number of benzene rings is 1. The number of aliphatic carboxylic acids is 1. The maximum atomic E-state index is 10.3. The van der Waals surface area contributed by atoms with Gasteiger partial charge in [-0.05, 0) is 31.1 Å². The number of aryl methyl sites for hydroxylation is 1. The van der Waals surface area contributed by atoms with Crippen LogP contribution in [0, 0.1) is 6.92 Å². The minimum atomic E-state index is -1.36. The summed E-state index contributed by atoms with van der Waals surface area (Å²) in [6.07, 6.45) is 0. The van der Waals surface area contributed by atoms with E-state index >= 15 is 0 Å². The molecule has 0 heterocycles. The minimum Gasteiger partial charge on any atom is -0.545 e. The SMILES string of the molecule is C=C(C)C(=O)[O-].Cc1cccc(C(=O)[O-])c1O.[Mg+2]. The predicted octanol–water partition coefficient (Wildman–Crippen LogP) is -1.00. The number of aromatic carboxylic acids is 1. The predicted molar refractivity (Wildman–Crippen MR) is 62.7 cm³/mol. The van der Waals surface area contributed by atoms with Crippen LogP contribution in [0.2, 0.25) is 0 Å². The summed E-state index contributed by atoms with van der Waals surface area (Å²) in [5.74, 6) is -2.76. The van der Waals surface area contributed by atoms with Crippen LogP contribution in [0.4, 0.5) is 0 Å². The second kappa shape index (κ2) is 8.54. The third kappa shape index (κ3) is 6.26. The van der Waals surface area contributed by atoms with Crippen molar-refractivity contribution in [2.24, 2.45) is 0 Å². The number of hydrogen-bond donors (Lipinski definition) is 1. The van der Waals surface area contributed by atoms with Crippen molar-refractivity contribution in [1.29, 1.82) is 0 Å². The van der Waals surface area contributed by atoms with Crippen LogP contribution in [0.1, 0.15) is 22.8 Å². The van der Waals surface area contributed by atoms with Gasteiger partial charge in [0.2, 0.25) is 0 Å². The first kappa shape index (κ1) is 18.8. The van der Waals surface area contributed by atoms with Crippen LogP contribution in [-0.4, -0.2) is 40.1 Å². The van der Waals surface area contributed by atoms with Crippen molar-refractivity contribution >= 4 is 35.0 Å². The maximum absolute atomic E-state index is 10.3. The van der Waals surface area contributed by atoms with Crippen molar-refractivity contribution < 1.29 is 24.9 Å². The molecule has 0 fully saturated rings. The van der Waals surface area contributed by atoms with Crippen molar-refractivity contribution in [3.63, 3.8) is 0 Å². The van der Waals surface area contributed by atoms with Crippen LogP contribution in [0.25, 0.3) is 0 Å². The average Bonchev–Trinajstić information content (AvgIpc) is 2.22. The average molecular weight is 261 g/mol. The molecular weight excluding hydrogens is 248 g/mol. The van der Waals surface area contributed by atoms with E-state index in [1.807, 2.05) is 0 Å². The number of carbonyl (C=O) groups excluding carboxylic acids is 2. The van der Waals surface area contributed by atoms with E-state index in [1.54, 1.807) is 19.1 Å². The maximum Gasteiger partial charge on any atom is 2.00 e. The molecule has 92 valence electrons. The molecule has 0 radical (unpaired) electrons. The molecule has 1 N–H and O–H groups in total. The Morgan fingerprint density at radius 1 is 1.28 bits per heavy atom. The molecule has 0 aliphatic heterocycles. The van der Waals surface area contributed by atoms with Gasteiger partial charge >= 0.3 is 23.1 Å². The Morgan fingerprint density at radius 2 is 1.72 bits per heavy atom. The van der Waals surface area contributed by atoms with Gasteiger partial charge in [-0.25, -0.2) is 0 Å².